The van der Waals surface area contributed by atoms with Crippen LogP contribution < -0.4 is 20.1 Å². The fourth-order valence-electron chi connectivity index (χ4n) is 4.33. The summed E-state index contributed by atoms with van der Waals surface area (Å²) in [5, 5.41) is 5.69. The summed E-state index contributed by atoms with van der Waals surface area (Å²) in [6, 6.07) is 23.0. The average molecular weight is 488 g/mol. The lowest BCUT2D eigenvalue weighted by atomic mass is 9.82. The number of ether oxygens (including phenoxy) is 2. The maximum atomic E-state index is 13.8. The first-order valence-corrected chi connectivity index (χ1v) is 11.6. The van der Waals surface area contributed by atoms with Gasteiger partial charge in [0, 0.05) is 6.54 Å². The number of rotatable bonds is 9. The van der Waals surface area contributed by atoms with E-state index in [-0.39, 0.29) is 12.5 Å². The molecule has 0 spiro atoms. The highest BCUT2D eigenvalue weighted by molar-refractivity contribution is 6.11. The zero-order chi connectivity index (χ0) is 25.7. The van der Waals surface area contributed by atoms with Gasteiger partial charge in [-0.25, -0.2) is 4.79 Å². The van der Waals surface area contributed by atoms with Gasteiger partial charge in [0.1, 0.15) is 18.0 Å². The van der Waals surface area contributed by atoms with Crippen molar-refractivity contribution in [3.05, 3.63) is 95.6 Å². The molecule has 186 valence electrons. The molecule has 1 aliphatic rings. The monoisotopic (exact) mass is 487 g/mol. The molecule has 0 saturated carbocycles. The summed E-state index contributed by atoms with van der Waals surface area (Å²) in [5.74, 6) is 0.361. The summed E-state index contributed by atoms with van der Waals surface area (Å²) in [6.45, 7) is 2.00. The molecule has 3 aromatic carbocycles. The topological polar surface area (TPSA) is 97.0 Å². The van der Waals surface area contributed by atoms with Crippen LogP contribution in [0.1, 0.15) is 29.5 Å². The first-order chi connectivity index (χ1) is 17.4. The minimum atomic E-state index is -1.49. The summed E-state index contributed by atoms with van der Waals surface area (Å²) < 4.78 is 10.5. The van der Waals surface area contributed by atoms with Gasteiger partial charge in [0.15, 0.2) is 5.54 Å². The van der Waals surface area contributed by atoms with Crippen LogP contribution in [0.3, 0.4) is 0 Å². The third-order valence-corrected chi connectivity index (χ3v) is 6.43. The van der Waals surface area contributed by atoms with Crippen molar-refractivity contribution in [3.8, 4) is 11.5 Å². The third kappa shape index (κ3) is 4.75. The van der Waals surface area contributed by atoms with E-state index in [1.807, 2.05) is 37.3 Å². The molecule has 0 radical (unpaired) electrons. The number of hydrogen-bond acceptors (Lipinski definition) is 5. The van der Waals surface area contributed by atoms with Crippen molar-refractivity contribution in [2.24, 2.45) is 0 Å². The van der Waals surface area contributed by atoms with E-state index < -0.39 is 23.4 Å². The van der Waals surface area contributed by atoms with Crippen LogP contribution in [0, 0.1) is 0 Å². The molecule has 8 heteroatoms. The molecule has 4 amide bonds. The van der Waals surface area contributed by atoms with E-state index in [0.29, 0.717) is 29.2 Å². The molecular formula is C28H29N3O5. The summed E-state index contributed by atoms with van der Waals surface area (Å²) in [4.78, 5) is 40.6. The van der Waals surface area contributed by atoms with Crippen LogP contribution in [0.2, 0.25) is 0 Å². The Bertz CT molecular complexity index is 1180. The second-order valence-corrected chi connectivity index (χ2v) is 8.64. The smallest absolute Gasteiger partial charge is 0.326 e. The van der Waals surface area contributed by atoms with Crippen molar-refractivity contribution >= 4 is 17.8 Å². The Hall–Kier alpha value is -4.33. The van der Waals surface area contributed by atoms with Crippen molar-refractivity contribution < 1.29 is 23.9 Å². The molecule has 8 nitrogen and oxygen atoms in total. The summed E-state index contributed by atoms with van der Waals surface area (Å²) >= 11 is 0. The van der Waals surface area contributed by atoms with Gasteiger partial charge in [0.05, 0.1) is 14.2 Å². The standard InChI is InChI=1S/C28H29N3O5/c1-19(20-7-5-4-6-8-20)17-29-25(32)18-31-26(33)28(30-27(31)34,21-9-13-23(35-2)14-10-21)22-11-15-24(36-3)16-12-22/h4-16,19H,17-18H2,1-3H3,(H,29,32)(H,30,34)/t19-/m1/s1. The van der Waals surface area contributed by atoms with E-state index in [1.54, 1.807) is 62.8 Å². The van der Waals surface area contributed by atoms with E-state index in [4.69, 9.17) is 9.47 Å². The molecule has 0 unspecified atom stereocenters. The quantitative estimate of drug-likeness (QED) is 0.451. The van der Waals surface area contributed by atoms with E-state index in [0.717, 1.165) is 10.5 Å². The SMILES string of the molecule is COc1ccc(C2(c3ccc(OC)cc3)NC(=O)N(CC(=O)NC[C@@H](C)c3ccccc3)C2=O)cc1. The number of benzene rings is 3. The fourth-order valence-corrected chi connectivity index (χ4v) is 4.33. The van der Waals surface area contributed by atoms with Crippen LogP contribution in [-0.4, -0.2) is 50.1 Å². The first-order valence-electron chi connectivity index (χ1n) is 11.6. The number of amides is 4. The van der Waals surface area contributed by atoms with Crippen LogP contribution in [-0.2, 0) is 15.1 Å². The van der Waals surface area contributed by atoms with Crippen molar-refractivity contribution in [3.63, 3.8) is 0 Å². The second kappa shape index (κ2) is 10.5. The molecule has 0 aromatic heterocycles. The lowest BCUT2D eigenvalue weighted by molar-refractivity contribution is -0.134. The van der Waals surface area contributed by atoms with Gasteiger partial charge in [-0.3, -0.25) is 14.5 Å². The molecule has 2 N–H and O–H groups in total. The Morgan fingerprint density at radius 2 is 1.42 bits per heavy atom. The highest BCUT2D eigenvalue weighted by atomic mass is 16.5. The predicted molar refractivity (Wildman–Crippen MR) is 135 cm³/mol. The zero-order valence-corrected chi connectivity index (χ0v) is 20.5. The molecule has 3 aromatic rings. The Morgan fingerprint density at radius 1 is 0.889 bits per heavy atom. The summed E-state index contributed by atoms with van der Waals surface area (Å²) in [7, 11) is 3.10. The van der Waals surface area contributed by atoms with Gasteiger partial charge < -0.3 is 20.1 Å². The minimum Gasteiger partial charge on any atom is -0.497 e. The maximum absolute atomic E-state index is 13.8. The lowest BCUT2D eigenvalue weighted by Crippen LogP contribution is -2.46. The Kier molecular flexibility index (Phi) is 7.24. The summed E-state index contributed by atoms with van der Waals surface area (Å²) in [6.07, 6.45) is 0. The number of hydrogen-bond donors (Lipinski definition) is 2. The maximum Gasteiger partial charge on any atom is 0.326 e. The number of carbonyl (C=O) groups is 3. The van der Waals surface area contributed by atoms with Crippen molar-refractivity contribution in [2.45, 2.75) is 18.4 Å². The van der Waals surface area contributed by atoms with Crippen LogP contribution >= 0.6 is 0 Å². The van der Waals surface area contributed by atoms with E-state index in [2.05, 4.69) is 10.6 Å². The predicted octanol–water partition coefficient (Wildman–Crippen LogP) is 3.42. The van der Waals surface area contributed by atoms with E-state index in [1.165, 1.54) is 0 Å². The molecule has 4 rings (SSSR count). The molecule has 0 aliphatic carbocycles. The van der Waals surface area contributed by atoms with Crippen LogP contribution in [0.25, 0.3) is 0 Å². The van der Waals surface area contributed by atoms with Gasteiger partial charge in [0.25, 0.3) is 5.91 Å². The number of carbonyl (C=O) groups excluding carboxylic acids is 3. The summed E-state index contributed by atoms with van der Waals surface area (Å²) in [5.41, 5.74) is 0.693. The van der Waals surface area contributed by atoms with Crippen LogP contribution in [0.5, 0.6) is 11.5 Å². The van der Waals surface area contributed by atoms with Crippen molar-refractivity contribution in [1.29, 1.82) is 0 Å². The van der Waals surface area contributed by atoms with E-state index >= 15 is 0 Å². The zero-order valence-electron chi connectivity index (χ0n) is 20.5. The van der Waals surface area contributed by atoms with Crippen molar-refractivity contribution in [2.75, 3.05) is 27.3 Å². The highest BCUT2D eigenvalue weighted by Gasteiger charge is 2.54. The fraction of sp³-hybridized carbons (Fsp3) is 0.250. The molecule has 1 aliphatic heterocycles. The van der Waals surface area contributed by atoms with Crippen LogP contribution in [0.4, 0.5) is 4.79 Å². The molecule has 0 bridgehead atoms. The van der Waals surface area contributed by atoms with Crippen molar-refractivity contribution in [1.82, 2.24) is 15.5 Å². The van der Waals surface area contributed by atoms with E-state index in [9.17, 15) is 14.4 Å². The number of methoxy groups -OCH3 is 2. The molecular weight excluding hydrogens is 458 g/mol. The third-order valence-electron chi connectivity index (χ3n) is 6.43. The molecule has 1 fully saturated rings. The Morgan fingerprint density at radius 3 is 1.92 bits per heavy atom. The van der Waals surface area contributed by atoms with Gasteiger partial charge in [-0.15, -0.1) is 0 Å². The average Bonchev–Trinajstić information content (AvgIpc) is 3.17. The molecule has 36 heavy (non-hydrogen) atoms. The number of nitrogens with zero attached hydrogens (tertiary/aromatic N) is 1. The molecule has 1 saturated heterocycles. The largest absolute Gasteiger partial charge is 0.497 e. The Balaban J connectivity index is 1.58. The van der Waals surface area contributed by atoms with Gasteiger partial charge in [-0.05, 0) is 46.9 Å². The number of urea groups is 1. The lowest BCUT2D eigenvalue weighted by Gasteiger charge is -2.28. The number of nitrogens with one attached hydrogen (secondary N) is 2. The minimum absolute atomic E-state index is 0.0796. The number of imide groups is 1. The van der Waals surface area contributed by atoms with Crippen LogP contribution in [0.15, 0.2) is 78.9 Å². The molecule has 1 heterocycles. The molecule has 1 atom stereocenters. The van der Waals surface area contributed by atoms with Gasteiger partial charge >= 0.3 is 6.03 Å². The highest BCUT2D eigenvalue weighted by Crippen LogP contribution is 2.37. The normalized spacial score (nSPS) is 15.2. The van der Waals surface area contributed by atoms with Gasteiger partial charge in [0.2, 0.25) is 5.91 Å². The first kappa shape index (κ1) is 24.8. The second-order valence-electron chi connectivity index (χ2n) is 8.64. The van der Waals surface area contributed by atoms with Gasteiger partial charge in [-0.1, -0.05) is 61.5 Å². The Labute approximate surface area is 210 Å². The van der Waals surface area contributed by atoms with Gasteiger partial charge in [-0.2, -0.15) is 0 Å².